The van der Waals surface area contributed by atoms with Gasteiger partial charge >= 0.3 is 0 Å². The van der Waals surface area contributed by atoms with Crippen LogP contribution < -0.4 is 5.56 Å². The number of hydrogen-bond donors (Lipinski definition) is 1. The van der Waals surface area contributed by atoms with E-state index in [1.165, 1.54) is 0 Å². The minimum Gasteiger partial charge on any atom is -0.377 e. The van der Waals surface area contributed by atoms with E-state index in [4.69, 9.17) is 9.47 Å². The molecule has 2 aliphatic rings. The Labute approximate surface area is 199 Å². The number of pyridine rings is 1. The lowest BCUT2D eigenvalue weighted by atomic mass is 10.1. The summed E-state index contributed by atoms with van der Waals surface area (Å²) in [6.45, 7) is 7.65. The number of aromatic amines is 1. The van der Waals surface area contributed by atoms with Crippen LogP contribution in [-0.2, 0) is 22.6 Å². The average Bonchev–Trinajstić information content (AvgIpc) is 3.60. The Bertz CT molecular complexity index is 1160. The van der Waals surface area contributed by atoms with Crippen molar-refractivity contribution in [2.24, 2.45) is 0 Å². The Morgan fingerprint density at radius 2 is 2.00 bits per heavy atom. The Morgan fingerprint density at radius 3 is 2.74 bits per heavy atom. The number of nitrogens with zero attached hydrogens (tertiary/aromatic N) is 5. The molecular weight excluding hydrogens is 432 g/mol. The normalized spacial score (nSPS) is 21.6. The first-order valence-electron chi connectivity index (χ1n) is 12.5. The van der Waals surface area contributed by atoms with Gasteiger partial charge in [0.15, 0.2) is 5.82 Å². The highest BCUT2D eigenvalue weighted by atomic mass is 16.5. The third kappa shape index (κ3) is 4.92. The van der Waals surface area contributed by atoms with E-state index < -0.39 is 0 Å². The summed E-state index contributed by atoms with van der Waals surface area (Å²) in [5.74, 6) is 0.823. The highest BCUT2D eigenvalue weighted by Crippen LogP contribution is 2.28. The van der Waals surface area contributed by atoms with Gasteiger partial charge in [-0.15, -0.1) is 5.10 Å². The van der Waals surface area contributed by atoms with Crippen molar-refractivity contribution in [2.75, 3.05) is 19.8 Å². The predicted octanol–water partition coefficient (Wildman–Crippen LogP) is 3.13. The molecule has 1 N–H and O–H groups in total. The SMILES string of the molecule is CCC(c1nnnn1CC1CCCO1)N(Cc1cc2cccc(C)c2[nH]c1=O)CC1CCCO1. The summed E-state index contributed by atoms with van der Waals surface area (Å²) in [7, 11) is 0. The molecule has 2 saturated heterocycles. The first-order valence-corrected chi connectivity index (χ1v) is 12.5. The molecule has 3 atom stereocenters. The van der Waals surface area contributed by atoms with Gasteiger partial charge in [-0.25, -0.2) is 4.68 Å². The van der Waals surface area contributed by atoms with Crippen LogP contribution in [0.25, 0.3) is 10.9 Å². The number of ether oxygens (including phenoxy) is 2. The average molecular weight is 467 g/mol. The maximum absolute atomic E-state index is 13.1. The van der Waals surface area contributed by atoms with Gasteiger partial charge < -0.3 is 14.5 Å². The van der Waals surface area contributed by atoms with Crippen LogP contribution in [0.2, 0.25) is 0 Å². The van der Waals surface area contributed by atoms with Gasteiger partial charge in [0.2, 0.25) is 0 Å². The molecule has 2 fully saturated rings. The van der Waals surface area contributed by atoms with Crippen molar-refractivity contribution in [1.29, 1.82) is 0 Å². The van der Waals surface area contributed by atoms with Crippen LogP contribution in [0.1, 0.15) is 62.0 Å². The van der Waals surface area contributed by atoms with E-state index in [0.29, 0.717) is 13.1 Å². The van der Waals surface area contributed by atoms with Crippen LogP contribution in [0.15, 0.2) is 29.1 Å². The fourth-order valence-corrected chi connectivity index (χ4v) is 5.28. The molecule has 0 aliphatic carbocycles. The van der Waals surface area contributed by atoms with Crippen LogP contribution >= 0.6 is 0 Å². The van der Waals surface area contributed by atoms with E-state index in [9.17, 15) is 4.79 Å². The van der Waals surface area contributed by atoms with Gasteiger partial charge in [-0.3, -0.25) is 9.69 Å². The number of nitrogens with one attached hydrogen (secondary N) is 1. The maximum Gasteiger partial charge on any atom is 0.252 e. The monoisotopic (exact) mass is 466 g/mol. The predicted molar refractivity (Wildman–Crippen MR) is 129 cm³/mol. The highest BCUT2D eigenvalue weighted by Gasteiger charge is 2.30. The van der Waals surface area contributed by atoms with Crippen molar-refractivity contribution in [3.05, 3.63) is 51.6 Å². The molecule has 9 nitrogen and oxygen atoms in total. The first-order chi connectivity index (χ1) is 16.6. The van der Waals surface area contributed by atoms with Crippen molar-refractivity contribution < 1.29 is 9.47 Å². The number of tetrazole rings is 1. The van der Waals surface area contributed by atoms with Crippen molar-refractivity contribution in [2.45, 2.75) is 77.3 Å². The van der Waals surface area contributed by atoms with Crippen molar-refractivity contribution in [1.82, 2.24) is 30.1 Å². The van der Waals surface area contributed by atoms with Crippen molar-refractivity contribution in [3.63, 3.8) is 0 Å². The number of para-hydroxylation sites is 1. The third-order valence-corrected chi connectivity index (χ3v) is 7.09. The molecule has 0 radical (unpaired) electrons. The molecule has 0 amide bonds. The smallest absolute Gasteiger partial charge is 0.252 e. The zero-order chi connectivity index (χ0) is 23.5. The second kappa shape index (κ2) is 10.3. The summed E-state index contributed by atoms with van der Waals surface area (Å²) in [5, 5.41) is 13.8. The maximum atomic E-state index is 13.1. The summed E-state index contributed by atoms with van der Waals surface area (Å²) in [6.07, 6.45) is 5.33. The molecule has 0 bridgehead atoms. The highest BCUT2D eigenvalue weighted by molar-refractivity contribution is 5.81. The molecule has 9 heteroatoms. The van der Waals surface area contributed by atoms with E-state index >= 15 is 0 Å². The molecule has 5 rings (SSSR count). The van der Waals surface area contributed by atoms with Gasteiger partial charge in [0, 0.05) is 31.9 Å². The van der Waals surface area contributed by atoms with Crippen LogP contribution in [-0.4, -0.2) is 62.1 Å². The zero-order valence-electron chi connectivity index (χ0n) is 20.1. The number of aromatic nitrogens is 5. The summed E-state index contributed by atoms with van der Waals surface area (Å²) < 4.78 is 13.7. The van der Waals surface area contributed by atoms with Gasteiger partial charge in [-0.1, -0.05) is 25.1 Å². The summed E-state index contributed by atoms with van der Waals surface area (Å²) in [5.41, 5.74) is 2.66. The van der Waals surface area contributed by atoms with Gasteiger partial charge in [0.05, 0.1) is 30.3 Å². The lowest BCUT2D eigenvalue weighted by Crippen LogP contribution is -2.38. The van der Waals surface area contributed by atoms with Crippen LogP contribution in [0, 0.1) is 6.92 Å². The Kier molecular flexibility index (Phi) is 7.03. The Hall–Kier alpha value is -2.62. The molecule has 2 aromatic heterocycles. The molecule has 3 unspecified atom stereocenters. The number of H-pyrrole nitrogens is 1. The topological polar surface area (TPSA) is 98.2 Å². The number of aryl methyl sites for hydroxylation is 1. The summed E-state index contributed by atoms with van der Waals surface area (Å²) in [6, 6.07) is 8.08. The molecule has 182 valence electrons. The molecule has 4 heterocycles. The number of benzene rings is 1. The van der Waals surface area contributed by atoms with E-state index in [2.05, 4.69) is 32.3 Å². The summed E-state index contributed by atoms with van der Waals surface area (Å²) in [4.78, 5) is 18.5. The van der Waals surface area contributed by atoms with Crippen LogP contribution in [0.4, 0.5) is 0 Å². The number of rotatable bonds is 9. The quantitative estimate of drug-likeness (QED) is 0.517. The van der Waals surface area contributed by atoms with E-state index in [0.717, 1.165) is 79.7 Å². The molecule has 0 saturated carbocycles. The second-order valence-electron chi connectivity index (χ2n) is 9.51. The molecular formula is C25H34N6O3. The Morgan fingerprint density at radius 1 is 1.21 bits per heavy atom. The van der Waals surface area contributed by atoms with Crippen LogP contribution in [0.3, 0.4) is 0 Å². The van der Waals surface area contributed by atoms with E-state index in [1.807, 2.05) is 35.9 Å². The fourth-order valence-electron chi connectivity index (χ4n) is 5.28. The number of fused-ring (bicyclic) bond motifs is 1. The minimum atomic E-state index is -0.0482. The van der Waals surface area contributed by atoms with E-state index in [-0.39, 0.29) is 23.8 Å². The summed E-state index contributed by atoms with van der Waals surface area (Å²) >= 11 is 0. The van der Waals surface area contributed by atoms with Crippen molar-refractivity contribution >= 4 is 10.9 Å². The number of hydrogen-bond acceptors (Lipinski definition) is 7. The Balaban J connectivity index is 1.46. The third-order valence-electron chi connectivity index (χ3n) is 7.09. The molecule has 0 spiro atoms. The van der Waals surface area contributed by atoms with E-state index in [1.54, 1.807) is 0 Å². The second-order valence-corrected chi connectivity index (χ2v) is 9.51. The first kappa shape index (κ1) is 23.1. The van der Waals surface area contributed by atoms with Gasteiger partial charge in [0.25, 0.3) is 5.56 Å². The van der Waals surface area contributed by atoms with Gasteiger partial charge in [-0.05, 0) is 66.5 Å². The molecule has 1 aromatic carbocycles. The molecule has 3 aromatic rings. The molecule has 2 aliphatic heterocycles. The van der Waals surface area contributed by atoms with Crippen LogP contribution in [0.5, 0.6) is 0 Å². The van der Waals surface area contributed by atoms with Gasteiger partial charge in [-0.2, -0.15) is 0 Å². The minimum absolute atomic E-state index is 0.0341. The standard InChI is InChI=1S/C25H34N6O3/c1-3-22(24-27-28-29-31(24)16-21-10-6-12-34-21)30(15-20-9-5-11-33-20)14-19-13-18-8-4-7-17(2)23(18)26-25(19)32/h4,7-8,13,20-22H,3,5-6,9-12,14-16H2,1-2H3,(H,26,32). The van der Waals surface area contributed by atoms with Crippen molar-refractivity contribution in [3.8, 4) is 0 Å². The zero-order valence-corrected chi connectivity index (χ0v) is 20.1. The lowest BCUT2D eigenvalue weighted by molar-refractivity contribution is 0.0470. The van der Waals surface area contributed by atoms with Gasteiger partial charge in [0.1, 0.15) is 0 Å². The molecule has 34 heavy (non-hydrogen) atoms. The largest absolute Gasteiger partial charge is 0.377 e. The fraction of sp³-hybridized carbons (Fsp3) is 0.600. The lowest BCUT2D eigenvalue weighted by Gasteiger charge is -2.32.